The summed E-state index contributed by atoms with van der Waals surface area (Å²) in [6, 6.07) is 11.5. The summed E-state index contributed by atoms with van der Waals surface area (Å²) in [5.74, 6) is -0.0200. The number of rotatable bonds is 5. The third-order valence-corrected chi connectivity index (χ3v) is 4.87. The first kappa shape index (κ1) is 17.4. The van der Waals surface area contributed by atoms with Gasteiger partial charge in [0, 0.05) is 11.1 Å². The number of Topliss-reactive ketones (excluding diaryl/α,β-unsaturated/α-hetero) is 1. The van der Waals surface area contributed by atoms with Crippen molar-refractivity contribution in [1.29, 1.82) is 0 Å². The summed E-state index contributed by atoms with van der Waals surface area (Å²) in [5.41, 5.74) is 3.53. The number of nitrogens with zero attached hydrogens (tertiary/aromatic N) is 2. The number of ketones is 1. The van der Waals surface area contributed by atoms with Crippen LogP contribution < -0.4 is 0 Å². The Morgan fingerprint density at radius 3 is 2.48 bits per heavy atom. The average Bonchev–Trinajstić information content (AvgIpc) is 3.05. The van der Waals surface area contributed by atoms with Crippen molar-refractivity contribution in [3.63, 3.8) is 0 Å². The monoisotopic (exact) mass is 356 g/mol. The van der Waals surface area contributed by atoms with E-state index in [4.69, 9.17) is 4.42 Å². The smallest absolute Gasteiger partial charge is 0.277 e. The van der Waals surface area contributed by atoms with E-state index < -0.39 is 0 Å². The number of aromatic nitrogens is 2. The average molecular weight is 356 g/mol. The minimum Gasteiger partial charge on any atom is -0.411 e. The zero-order valence-corrected chi connectivity index (χ0v) is 14.9. The molecule has 1 aromatic heterocycles. The van der Waals surface area contributed by atoms with Gasteiger partial charge >= 0.3 is 0 Å². The first-order valence-electron chi connectivity index (χ1n) is 7.81. The first-order valence-corrected chi connectivity index (χ1v) is 8.69. The Kier molecular flexibility index (Phi) is 4.99. The minimum atomic E-state index is -0.358. The Bertz CT molecular complexity index is 906. The Hall–Kier alpha value is -2.47. The van der Waals surface area contributed by atoms with Crippen LogP contribution in [0.15, 0.2) is 52.1 Å². The van der Waals surface area contributed by atoms with Gasteiger partial charge in [0.2, 0.25) is 5.89 Å². The van der Waals surface area contributed by atoms with Gasteiger partial charge in [-0.15, -0.1) is 10.2 Å². The lowest BCUT2D eigenvalue weighted by molar-refractivity contribution is 0.0993. The number of carbonyl (C=O) groups is 1. The fourth-order valence-electron chi connectivity index (χ4n) is 2.30. The molecule has 0 saturated heterocycles. The lowest BCUT2D eigenvalue weighted by Crippen LogP contribution is -2.13. The summed E-state index contributed by atoms with van der Waals surface area (Å²) in [7, 11) is 0. The highest BCUT2D eigenvalue weighted by atomic mass is 32.2. The summed E-state index contributed by atoms with van der Waals surface area (Å²) < 4.78 is 18.5. The van der Waals surface area contributed by atoms with Gasteiger partial charge in [0.15, 0.2) is 5.78 Å². The van der Waals surface area contributed by atoms with E-state index in [9.17, 15) is 9.18 Å². The second-order valence-electron chi connectivity index (χ2n) is 5.80. The summed E-state index contributed by atoms with van der Waals surface area (Å²) in [5, 5.41) is 7.87. The molecular formula is C19H17FN2O2S. The highest BCUT2D eigenvalue weighted by Crippen LogP contribution is 2.28. The van der Waals surface area contributed by atoms with Gasteiger partial charge in [-0.05, 0) is 62.2 Å². The SMILES string of the molecule is Cc1ccc(C(=O)[C@H](C)Sc2nnc(-c3ccc(F)cc3)o2)cc1C. The third kappa shape index (κ3) is 3.96. The zero-order chi connectivity index (χ0) is 18.0. The molecule has 0 amide bonds. The van der Waals surface area contributed by atoms with E-state index in [2.05, 4.69) is 10.2 Å². The topological polar surface area (TPSA) is 56.0 Å². The summed E-state index contributed by atoms with van der Waals surface area (Å²) in [6.45, 7) is 5.80. The molecule has 0 unspecified atom stereocenters. The predicted octanol–water partition coefficient (Wildman–Crippen LogP) is 4.86. The molecule has 3 rings (SSSR count). The molecule has 0 aliphatic heterocycles. The van der Waals surface area contributed by atoms with Gasteiger partial charge in [0.1, 0.15) is 5.82 Å². The van der Waals surface area contributed by atoms with Gasteiger partial charge in [-0.25, -0.2) is 4.39 Å². The molecule has 2 aromatic carbocycles. The van der Waals surface area contributed by atoms with Crippen molar-refractivity contribution in [1.82, 2.24) is 10.2 Å². The van der Waals surface area contributed by atoms with Crippen LogP contribution in [0.3, 0.4) is 0 Å². The lowest BCUT2D eigenvalue weighted by atomic mass is 10.0. The third-order valence-electron chi connectivity index (χ3n) is 3.94. The van der Waals surface area contributed by atoms with Crippen molar-refractivity contribution in [3.8, 4) is 11.5 Å². The first-order chi connectivity index (χ1) is 11.9. The van der Waals surface area contributed by atoms with Gasteiger partial charge in [-0.2, -0.15) is 0 Å². The van der Waals surface area contributed by atoms with E-state index in [1.54, 1.807) is 12.1 Å². The quantitative estimate of drug-likeness (QED) is 0.483. The van der Waals surface area contributed by atoms with Crippen LogP contribution in [0.1, 0.15) is 28.4 Å². The molecule has 0 aliphatic carbocycles. The van der Waals surface area contributed by atoms with Crippen molar-refractivity contribution in [2.45, 2.75) is 31.2 Å². The molecule has 0 N–H and O–H groups in total. The van der Waals surface area contributed by atoms with Gasteiger partial charge in [-0.1, -0.05) is 23.9 Å². The Balaban J connectivity index is 1.72. The number of halogens is 1. The van der Waals surface area contributed by atoms with Gasteiger partial charge in [-0.3, -0.25) is 4.79 Å². The van der Waals surface area contributed by atoms with Crippen LogP contribution in [-0.4, -0.2) is 21.2 Å². The molecule has 25 heavy (non-hydrogen) atoms. The number of hydrogen-bond acceptors (Lipinski definition) is 5. The molecule has 0 radical (unpaired) electrons. The molecule has 1 atom stereocenters. The second-order valence-corrected chi connectivity index (χ2v) is 7.10. The van der Waals surface area contributed by atoms with Crippen LogP contribution in [0.25, 0.3) is 11.5 Å². The van der Waals surface area contributed by atoms with Crippen molar-refractivity contribution >= 4 is 17.5 Å². The van der Waals surface area contributed by atoms with Crippen LogP contribution in [-0.2, 0) is 0 Å². The van der Waals surface area contributed by atoms with Crippen molar-refractivity contribution in [2.24, 2.45) is 0 Å². The lowest BCUT2D eigenvalue weighted by Gasteiger charge is -2.09. The summed E-state index contributed by atoms with van der Waals surface area (Å²) in [6.07, 6.45) is 0. The zero-order valence-electron chi connectivity index (χ0n) is 14.1. The molecule has 1 heterocycles. The van der Waals surface area contributed by atoms with Crippen molar-refractivity contribution < 1.29 is 13.6 Å². The number of thioether (sulfide) groups is 1. The maximum Gasteiger partial charge on any atom is 0.277 e. The molecule has 128 valence electrons. The maximum absolute atomic E-state index is 13.0. The van der Waals surface area contributed by atoms with Crippen LogP contribution in [0, 0.1) is 19.7 Å². The van der Waals surface area contributed by atoms with E-state index in [-0.39, 0.29) is 16.9 Å². The van der Waals surface area contributed by atoms with Crippen molar-refractivity contribution in [2.75, 3.05) is 0 Å². The Morgan fingerprint density at radius 2 is 1.80 bits per heavy atom. The largest absolute Gasteiger partial charge is 0.411 e. The number of benzene rings is 2. The van der Waals surface area contributed by atoms with Crippen LogP contribution in [0.5, 0.6) is 0 Å². The molecule has 4 nitrogen and oxygen atoms in total. The van der Waals surface area contributed by atoms with E-state index in [0.717, 1.165) is 11.1 Å². The van der Waals surface area contributed by atoms with E-state index in [1.807, 2.05) is 39.0 Å². The van der Waals surface area contributed by atoms with E-state index >= 15 is 0 Å². The fourth-order valence-corrected chi connectivity index (χ4v) is 3.06. The van der Waals surface area contributed by atoms with Crippen LogP contribution in [0.2, 0.25) is 0 Å². The Morgan fingerprint density at radius 1 is 1.08 bits per heavy atom. The fraction of sp³-hybridized carbons (Fsp3) is 0.211. The highest BCUT2D eigenvalue weighted by Gasteiger charge is 2.20. The normalized spacial score (nSPS) is 12.2. The standard InChI is InChI=1S/C19H17FN2O2S/c1-11-4-5-15(10-12(11)2)17(23)13(3)25-19-22-21-18(24-19)14-6-8-16(20)9-7-14/h4-10,13H,1-3H3/t13-/m0/s1. The molecule has 0 fully saturated rings. The summed E-state index contributed by atoms with van der Waals surface area (Å²) >= 11 is 1.21. The van der Waals surface area contributed by atoms with Crippen molar-refractivity contribution in [3.05, 3.63) is 65.0 Å². The number of carbonyl (C=O) groups excluding carboxylic acids is 1. The highest BCUT2D eigenvalue weighted by molar-refractivity contribution is 8.00. The van der Waals surface area contributed by atoms with Gasteiger partial charge in [0.05, 0.1) is 5.25 Å². The van der Waals surface area contributed by atoms with Gasteiger partial charge < -0.3 is 4.42 Å². The molecule has 3 aromatic rings. The molecule has 0 spiro atoms. The molecular weight excluding hydrogens is 339 g/mol. The van der Waals surface area contributed by atoms with Crippen LogP contribution in [0.4, 0.5) is 4.39 Å². The molecule has 0 bridgehead atoms. The maximum atomic E-state index is 13.0. The Labute approximate surface area is 149 Å². The van der Waals surface area contributed by atoms with E-state index in [1.165, 1.54) is 23.9 Å². The predicted molar refractivity (Wildman–Crippen MR) is 95.3 cm³/mol. The van der Waals surface area contributed by atoms with Crippen LogP contribution >= 0.6 is 11.8 Å². The second kappa shape index (κ2) is 7.19. The molecule has 0 aliphatic rings. The van der Waals surface area contributed by atoms with E-state index in [0.29, 0.717) is 22.2 Å². The minimum absolute atomic E-state index is 0.00892. The number of aryl methyl sites for hydroxylation is 2. The molecule has 0 saturated carbocycles. The molecule has 6 heteroatoms. The summed E-state index contributed by atoms with van der Waals surface area (Å²) in [4.78, 5) is 12.6. The van der Waals surface area contributed by atoms with Gasteiger partial charge in [0.25, 0.3) is 5.22 Å². The number of hydrogen-bond donors (Lipinski definition) is 0.